The first-order valence-electron chi connectivity index (χ1n) is 13.6. The normalized spacial score (nSPS) is 17.1. The molecule has 6 rings (SSSR count). The molecule has 0 radical (unpaired) electrons. The first-order chi connectivity index (χ1) is 20.3. The summed E-state index contributed by atoms with van der Waals surface area (Å²) in [4.78, 5) is 45.1. The van der Waals surface area contributed by atoms with Crippen LogP contribution in [0.3, 0.4) is 0 Å². The largest absolute Gasteiger partial charge is 0.454 e. The number of halogens is 2. The van der Waals surface area contributed by atoms with E-state index in [9.17, 15) is 18.8 Å². The second-order valence-corrected chi connectivity index (χ2v) is 10.9. The lowest BCUT2D eigenvalue weighted by Crippen LogP contribution is -2.58. The van der Waals surface area contributed by atoms with Gasteiger partial charge in [-0.3, -0.25) is 9.59 Å². The van der Waals surface area contributed by atoms with Crippen LogP contribution in [0.5, 0.6) is 11.5 Å². The zero-order valence-corrected chi connectivity index (χ0v) is 23.4. The molecule has 3 aliphatic heterocycles. The average molecular weight is 594 g/mol. The van der Waals surface area contributed by atoms with Gasteiger partial charge >= 0.3 is 6.03 Å². The number of rotatable bonds is 6. The highest BCUT2D eigenvalue weighted by Crippen LogP contribution is 2.39. The monoisotopic (exact) mass is 593 g/mol. The summed E-state index contributed by atoms with van der Waals surface area (Å²) in [5.74, 6) is 0.318. The van der Waals surface area contributed by atoms with Crippen molar-refractivity contribution in [3.63, 3.8) is 0 Å². The van der Waals surface area contributed by atoms with Crippen LogP contribution < -0.4 is 25.0 Å². The van der Waals surface area contributed by atoms with Gasteiger partial charge in [0.1, 0.15) is 17.9 Å². The van der Waals surface area contributed by atoms with E-state index in [1.165, 1.54) is 18.2 Å². The zero-order valence-electron chi connectivity index (χ0n) is 22.6. The molecule has 10 nitrogen and oxygen atoms in total. The first-order valence-corrected chi connectivity index (χ1v) is 14.0. The van der Waals surface area contributed by atoms with Crippen LogP contribution in [-0.4, -0.2) is 66.3 Å². The smallest absolute Gasteiger partial charge is 0.321 e. The Labute approximate surface area is 246 Å². The van der Waals surface area contributed by atoms with Crippen LogP contribution in [0.15, 0.2) is 66.7 Å². The molecule has 0 atom stereocenters. The number of fused-ring (bicyclic) bond motifs is 1. The van der Waals surface area contributed by atoms with E-state index >= 15 is 0 Å². The number of urea groups is 1. The van der Waals surface area contributed by atoms with Gasteiger partial charge in [0.2, 0.25) is 12.7 Å². The summed E-state index contributed by atoms with van der Waals surface area (Å²) in [5.41, 5.74) is 1.21. The molecule has 1 spiro atoms. The average Bonchev–Trinajstić information content (AvgIpc) is 3.57. The molecule has 2 fully saturated rings. The number of nitrogens with zero attached hydrogens (tertiary/aromatic N) is 3. The van der Waals surface area contributed by atoms with E-state index in [0.29, 0.717) is 43.1 Å². The van der Waals surface area contributed by atoms with Crippen molar-refractivity contribution in [2.75, 3.05) is 43.3 Å². The lowest BCUT2D eigenvalue weighted by molar-refractivity contribution is -0.137. The van der Waals surface area contributed by atoms with Crippen LogP contribution in [-0.2, 0) is 16.1 Å². The van der Waals surface area contributed by atoms with Crippen molar-refractivity contribution in [1.82, 2.24) is 15.1 Å². The summed E-state index contributed by atoms with van der Waals surface area (Å²) in [6.07, 6.45) is 0.765. The lowest BCUT2D eigenvalue weighted by atomic mass is 9.85. The van der Waals surface area contributed by atoms with Gasteiger partial charge in [-0.15, -0.1) is 0 Å². The van der Waals surface area contributed by atoms with Gasteiger partial charge in [0.25, 0.3) is 5.91 Å². The van der Waals surface area contributed by atoms with Crippen LogP contribution >= 0.6 is 11.6 Å². The number of ether oxygens (including phenoxy) is 2. The van der Waals surface area contributed by atoms with Crippen molar-refractivity contribution in [2.45, 2.75) is 24.9 Å². The van der Waals surface area contributed by atoms with E-state index in [4.69, 9.17) is 21.1 Å². The number of carbonyl (C=O) groups excluding carboxylic acids is 3. The van der Waals surface area contributed by atoms with Crippen LogP contribution in [0.4, 0.5) is 20.6 Å². The summed E-state index contributed by atoms with van der Waals surface area (Å²) in [6.45, 7) is 1.26. The van der Waals surface area contributed by atoms with Gasteiger partial charge in [-0.05, 0) is 60.9 Å². The molecule has 0 unspecified atom stereocenters. The fourth-order valence-electron chi connectivity index (χ4n) is 5.66. The number of likely N-dealkylation sites (tertiary alicyclic amines) is 1. The molecule has 0 aromatic heterocycles. The minimum Gasteiger partial charge on any atom is -0.454 e. The van der Waals surface area contributed by atoms with Crippen molar-refractivity contribution in [3.05, 3.63) is 83.1 Å². The van der Waals surface area contributed by atoms with Gasteiger partial charge in [0.05, 0.1) is 11.7 Å². The number of anilines is 2. The molecule has 3 aliphatic rings. The Morgan fingerprint density at radius 1 is 0.976 bits per heavy atom. The van der Waals surface area contributed by atoms with Gasteiger partial charge in [-0.1, -0.05) is 35.9 Å². The number of hydrogen-bond donors (Lipinski definition) is 2. The van der Waals surface area contributed by atoms with Crippen LogP contribution in [0.1, 0.15) is 18.4 Å². The van der Waals surface area contributed by atoms with Crippen molar-refractivity contribution in [2.24, 2.45) is 0 Å². The summed E-state index contributed by atoms with van der Waals surface area (Å²) >= 11 is 5.85. The van der Waals surface area contributed by atoms with E-state index in [1.54, 1.807) is 15.9 Å². The van der Waals surface area contributed by atoms with Crippen molar-refractivity contribution < 1.29 is 28.2 Å². The molecule has 3 aromatic carbocycles. The Balaban J connectivity index is 1.12. The number of para-hydroxylation sites is 1. The predicted molar refractivity (Wildman–Crippen MR) is 154 cm³/mol. The van der Waals surface area contributed by atoms with Crippen LogP contribution in [0.25, 0.3) is 0 Å². The Hall–Kier alpha value is -4.51. The third-order valence-electron chi connectivity index (χ3n) is 7.89. The zero-order chi connectivity index (χ0) is 29.3. The molecule has 2 N–H and O–H groups in total. The molecule has 12 heteroatoms. The van der Waals surface area contributed by atoms with Crippen molar-refractivity contribution in [3.8, 4) is 11.5 Å². The summed E-state index contributed by atoms with van der Waals surface area (Å²) in [7, 11) is 0. The number of hydrogen-bond acceptors (Lipinski definition) is 6. The number of benzene rings is 3. The maximum Gasteiger partial charge on any atom is 0.321 e. The maximum absolute atomic E-state index is 13.9. The fourth-order valence-corrected chi connectivity index (χ4v) is 5.84. The van der Waals surface area contributed by atoms with E-state index in [1.807, 2.05) is 47.4 Å². The molecule has 0 bridgehead atoms. The highest BCUT2D eigenvalue weighted by atomic mass is 35.5. The van der Waals surface area contributed by atoms with Gasteiger partial charge in [0.15, 0.2) is 11.5 Å². The van der Waals surface area contributed by atoms with Crippen LogP contribution in [0.2, 0.25) is 5.02 Å². The van der Waals surface area contributed by atoms with Crippen molar-refractivity contribution in [1.29, 1.82) is 0 Å². The van der Waals surface area contributed by atoms with E-state index in [-0.39, 0.29) is 49.4 Å². The molecule has 218 valence electrons. The van der Waals surface area contributed by atoms with Gasteiger partial charge < -0.3 is 34.8 Å². The Morgan fingerprint density at radius 3 is 2.50 bits per heavy atom. The van der Waals surface area contributed by atoms with E-state index in [0.717, 1.165) is 11.3 Å². The van der Waals surface area contributed by atoms with Crippen LogP contribution in [0, 0.1) is 5.82 Å². The van der Waals surface area contributed by atoms with Crippen molar-refractivity contribution >= 4 is 40.8 Å². The molecule has 2 saturated heterocycles. The molecule has 0 saturated carbocycles. The number of amides is 4. The molecular formula is C30H29ClFN5O5. The second kappa shape index (κ2) is 11.4. The number of piperidine rings is 1. The fraction of sp³-hybridized carbons (Fsp3) is 0.300. The second-order valence-electron chi connectivity index (χ2n) is 10.5. The Morgan fingerprint density at radius 2 is 1.74 bits per heavy atom. The lowest BCUT2D eigenvalue weighted by Gasteiger charge is -2.43. The summed E-state index contributed by atoms with van der Waals surface area (Å²) < 4.78 is 24.3. The maximum atomic E-state index is 13.9. The first kappa shape index (κ1) is 27.6. The Kier molecular flexibility index (Phi) is 7.51. The molecule has 3 aromatic rings. The quantitative estimate of drug-likeness (QED) is 0.444. The number of carbonyl (C=O) groups is 3. The highest BCUT2D eigenvalue weighted by molar-refractivity contribution is 6.31. The third-order valence-corrected chi connectivity index (χ3v) is 8.18. The molecule has 0 aliphatic carbocycles. The third kappa shape index (κ3) is 5.39. The summed E-state index contributed by atoms with van der Waals surface area (Å²) in [5, 5.41) is 5.56. The van der Waals surface area contributed by atoms with E-state index < -0.39 is 11.4 Å². The number of nitrogens with one attached hydrogen (secondary N) is 2. The van der Waals surface area contributed by atoms with Gasteiger partial charge in [-0.2, -0.15) is 0 Å². The predicted octanol–water partition coefficient (Wildman–Crippen LogP) is 4.20. The minimum absolute atomic E-state index is 0.0829. The summed E-state index contributed by atoms with van der Waals surface area (Å²) in [6, 6.07) is 18.7. The highest BCUT2D eigenvalue weighted by Gasteiger charge is 2.54. The standard InChI is InChI=1S/C30H29ClFN5O5/c31-23-15-21(7-8-24(23)32)34-29(40)35-12-10-30(11-13-35)28(39)36(18-37(30)22-4-2-1-3-5-22)17-27(38)33-16-20-6-9-25-26(14-20)42-19-41-25/h1-9,14-15H,10-13,16-19H2,(H,33,38)(H,34,40). The minimum atomic E-state index is -0.894. The molecule has 42 heavy (non-hydrogen) atoms. The Bertz CT molecular complexity index is 1520. The molecule has 3 heterocycles. The van der Waals surface area contributed by atoms with Gasteiger partial charge in [0, 0.05) is 31.0 Å². The van der Waals surface area contributed by atoms with E-state index in [2.05, 4.69) is 10.6 Å². The molecule has 4 amide bonds. The SMILES string of the molecule is O=C(CN1CN(c2ccccc2)C2(CCN(C(=O)Nc3ccc(F)c(Cl)c3)CC2)C1=O)NCc1ccc2c(c1)OCO2. The topological polar surface area (TPSA) is 103 Å². The van der Waals surface area contributed by atoms with Gasteiger partial charge in [-0.25, -0.2) is 9.18 Å². The molecular weight excluding hydrogens is 565 g/mol.